The number of anilines is 1. The summed E-state index contributed by atoms with van der Waals surface area (Å²) in [6.45, 7) is 6.75. The van der Waals surface area contributed by atoms with Gasteiger partial charge in [0.25, 0.3) is 0 Å². The Hall–Kier alpha value is -1.16. The molecule has 3 nitrogen and oxygen atoms in total. The molecule has 0 radical (unpaired) electrons. The average molecular weight is 321 g/mol. The maximum atomic E-state index is 11.7. The number of thioether (sulfide) groups is 1. The number of carbonyl (C=O) groups is 1. The number of unbranched alkanes of at least 4 members (excludes halogenated alkanes) is 2. The van der Waals surface area contributed by atoms with Crippen LogP contribution in [0.3, 0.4) is 0 Å². The highest BCUT2D eigenvalue weighted by molar-refractivity contribution is 8.01. The first kappa shape index (κ1) is 17.2. The Morgan fingerprint density at radius 2 is 1.77 bits per heavy atom. The second kappa shape index (κ2) is 9.09. The Kier molecular flexibility index (Phi) is 7.10. The van der Waals surface area contributed by atoms with E-state index >= 15 is 0 Å². The number of nitrogens with zero attached hydrogens (tertiary/aromatic N) is 1. The van der Waals surface area contributed by atoms with Gasteiger partial charge in [-0.3, -0.25) is 4.79 Å². The third-order valence-corrected chi connectivity index (χ3v) is 5.20. The number of rotatable bonds is 9. The summed E-state index contributed by atoms with van der Waals surface area (Å²) in [5, 5.41) is 2.97. The van der Waals surface area contributed by atoms with Gasteiger partial charge in [-0.05, 0) is 37.0 Å². The topological polar surface area (TPSA) is 32.3 Å². The molecule has 122 valence electrons. The van der Waals surface area contributed by atoms with Gasteiger partial charge in [0.1, 0.15) is 0 Å². The standard InChI is InChI=1S/C18H28N2OS/c1-3-5-11-20(12-6-4-2)16-9-7-15(8-10-16)13-17-18(21)19-14-22-17/h7-10,17H,3-6,11-14H2,1-2H3,(H,19,21). The van der Waals surface area contributed by atoms with E-state index in [-0.39, 0.29) is 11.2 Å². The van der Waals surface area contributed by atoms with Gasteiger partial charge in [-0.25, -0.2) is 0 Å². The second-order valence-electron chi connectivity index (χ2n) is 5.91. The van der Waals surface area contributed by atoms with Gasteiger partial charge in [-0.15, -0.1) is 11.8 Å². The van der Waals surface area contributed by atoms with Crippen molar-refractivity contribution in [2.45, 2.75) is 51.2 Å². The van der Waals surface area contributed by atoms with Gasteiger partial charge in [-0.1, -0.05) is 38.8 Å². The molecule has 0 spiro atoms. The van der Waals surface area contributed by atoms with Gasteiger partial charge >= 0.3 is 0 Å². The molecular weight excluding hydrogens is 292 g/mol. The van der Waals surface area contributed by atoms with E-state index in [0.717, 1.165) is 25.4 Å². The van der Waals surface area contributed by atoms with Crippen molar-refractivity contribution in [1.82, 2.24) is 5.32 Å². The highest BCUT2D eigenvalue weighted by Gasteiger charge is 2.24. The van der Waals surface area contributed by atoms with Crippen LogP contribution < -0.4 is 10.2 Å². The Bertz CT molecular complexity index is 453. The monoisotopic (exact) mass is 320 g/mol. The number of carbonyl (C=O) groups excluding carboxylic acids is 1. The zero-order valence-corrected chi connectivity index (χ0v) is 14.6. The van der Waals surface area contributed by atoms with E-state index in [9.17, 15) is 4.79 Å². The normalized spacial score (nSPS) is 17.5. The fraction of sp³-hybridized carbons (Fsp3) is 0.611. The van der Waals surface area contributed by atoms with E-state index in [1.165, 1.54) is 36.9 Å². The predicted octanol–water partition coefficient (Wildman–Crippen LogP) is 3.82. The molecule has 0 saturated carbocycles. The molecule has 2 rings (SSSR count). The molecule has 0 aliphatic carbocycles. The highest BCUT2D eigenvalue weighted by atomic mass is 32.2. The Morgan fingerprint density at radius 1 is 1.14 bits per heavy atom. The zero-order valence-electron chi connectivity index (χ0n) is 13.8. The van der Waals surface area contributed by atoms with Crippen LogP contribution in [0.2, 0.25) is 0 Å². The molecule has 1 aliphatic rings. The summed E-state index contributed by atoms with van der Waals surface area (Å²) in [5.74, 6) is 0.935. The van der Waals surface area contributed by atoms with Crippen molar-refractivity contribution >= 4 is 23.4 Å². The summed E-state index contributed by atoms with van der Waals surface area (Å²) in [6.07, 6.45) is 5.78. The average Bonchev–Trinajstić information content (AvgIpc) is 2.94. The second-order valence-corrected chi connectivity index (χ2v) is 7.10. The van der Waals surface area contributed by atoms with E-state index in [4.69, 9.17) is 0 Å². The van der Waals surface area contributed by atoms with E-state index in [0.29, 0.717) is 0 Å². The molecule has 1 aromatic rings. The van der Waals surface area contributed by atoms with Crippen molar-refractivity contribution in [3.8, 4) is 0 Å². The van der Waals surface area contributed by atoms with Crippen LogP contribution in [-0.4, -0.2) is 30.1 Å². The van der Waals surface area contributed by atoms with Gasteiger partial charge in [0.2, 0.25) is 5.91 Å². The number of amides is 1. The van der Waals surface area contributed by atoms with E-state index in [1.54, 1.807) is 11.8 Å². The van der Waals surface area contributed by atoms with Crippen LogP contribution in [0, 0.1) is 0 Å². The summed E-state index contributed by atoms with van der Waals surface area (Å²) in [6, 6.07) is 8.81. The first-order chi connectivity index (χ1) is 10.7. The smallest absolute Gasteiger partial charge is 0.234 e. The fourth-order valence-corrected chi connectivity index (χ4v) is 3.65. The summed E-state index contributed by atoms with van der Waals surface area (Å²) in [4.78, 5) is 14.1. The first-order valence-corrected chi connectivity index (χ1v) is 9.52. The van der Waals surface area contributed by atoms with Gasteiger partial charge in [-0.2, -0.15) is 0 Å². The predicted molar refractivity (Wildman–Crippen MR) is 96.6 cm³/mol. The lowest BCUT2D eigenvalue weighted by Crippen LogP contribution is -2.26. The zero-order chi connectivity index (χ0) is 15.8. The third-order valence-electron chi connectivity index (χ3n) is 4.11. The van der Waals surface area contributed by atoms with Crippen molar-refractivity contribution < 1.29 is 4.79 Å². The molecule has 1 saturated heterocycles. The Morgan fingerprint density at radius 3 is 2.27 bits per heavy atom. The molecule has 1 amide bonds. The molecule has 0 bridgehead atoms. The number of hydrogen-bond acceptors (Lipinski definition) is 3. The number of hydrogen-bond donors (Lipinski definition) is 1. The quantitative estimate of drug-likeness (QED) is 0.750. The van der Waals surface area contributed by atoms with E-state index in [1.807, 2.05) is 0 Å². The lowest BCUT2D eigenvalue weighted by atomic mass is 10.1. The van der Waals surface area contributed by atoms with Gasteiger partial charge in [0.05, 0.1) is 11.1 Å². The molecule has 1 unspecified atom stereocenters. The fourth-order valence-electron chi connectivity index (χ4n) is 2.68. The molecule has 1 N–H and O–H groups in total. The van der Waals surface area contributed by atoms with Gasteiger partial charge in [0.15, 0.2) is 0 Å². The Balaban J connectivity index is 1.96. The maximum absolute atomic E-state index is 11.7. The summed E-state index contributed by atoms with van der Waals surface area (Å²) < 4.78 is 0. The molecule has 22 heavy (non-hydrogen) atoms. The maximum Gasteiger partial charge on any atom is 0.234 e. The Labute approximate surface area is 138 Å². The van der Waals surface area contributed by atoms with Crippen molar-refractivity contribution in [2.24, 2.45) is 0 Å². The first-order valence-electron chi connectivity index (χ1n) is 8.47. The van der Waals surface area contributed by atoms with Crippen LogP contribution in [0.4, 0.5) is 5.69 Å². The summed E-state index contributed by atoms with van der Waals surface area (Å²) >= 11 is 1.71. The number of nitrogens with one attached hydrogen (secondary N) is 1. The molecule has 1 atom stereocenters. The lowest BCUT2D eigenvalue weighted by molar-refractivity contribution is -0.119. The van der Waals surface area contributed by atoms with Gasteiger partial charge < -0.3 is 10.2 Å². The summed E-state index contributed by atoms with van der Waals surface area (Å²) in [7, 11) is 0. The molecule has 1 fully saturated rings. The van der Waals surface area contributed by atoms with Crippen LogP contribution in [0.1, 0.15) is 45.1 Å². The van der Waals surface area contributed by atoms with Crippen LogP contribution in [0.5, 0.6) is 0 Å². The summed E-state index contributed by atoms with van der Waals surface area (Å²) in [5.41, 5.74) is 2.57. The molecule has 4 heteroatoms. The number of benzene rings is 1. The molecule has 1 aromatic carbocycles. The van der Waals surface area contributed by atoms with E-state index in [2.05, 4.69) is 48.3 Å². The van der Waals surface area contributed by atoms with Gasteiger partial charge in [0, 0.05) is 18.8 Å². The van der Waals surface area contributed by atoms with Crippen LogP contribution in [0.25, 0.3) is 0 Å². The molecule has 0 aromatic heterocycles. The SMILES string of the molecule is CCCCN(CCCC)c1ccc(CC2SCNC2=O)cc1. The minimum absolute atomic E-state index is 0.0853. The third kappa shape index (κ3) is 4.94. The van der Waals surface area contributed by atoms with E-state index < -0.39 is 0 Å². The molecule has 1 aliphatic heterocycles. The van der Waals surface area contributed by atoms with Crippen LogP contribution >= 0.6 is 11.8 Å². The van der Waals surface area contributed by atoms with Crippen LogP contribution in [-0.2, 0) is 11.2 Å². The van der Waals surface area contributed by atoms with Crippen molar-refractivity contribution in [3.63, 3.8) is 0 Å². The minimum Gasteiger partial charge on any atom is -0.372 e. The minimum atomic E-state index is 0.0853. The van der Waals surface area contributed by atoms with Crippen molar-refractivity contribution in [3.05, 3.63) is 29.8 Å². The van der Waals surface area contributed by atoms with Crippen molar-refractivity contribution in [1.29, 1.82) is 0 Å². The lowest BCUT2D eigenvalue weighted by Gasteiger charge is -2.25. The largest absolute Gasteiger partial charge is 0.372 e. The molecular formula is C18H28N2OS. The highest BCUT2D eigenvalue weighted by Crippen LogP contribution is 2.23. The van der Waals surface area contributed by atoms with Crippen LogP contribution in [0.15, 0.2) is 24.3 Å². The van der Waals surface area contributed by atoms with Crippen molar-refractivity contribution in [2.75, 3.05) is 23.9 Å². The molecule has 1 heterocycles.